The molecule has 3 N–H and O–H groups in total. The molecule has 0 fully saturated rings. The fourth-order valence-electron chi connectivity index (χ4n) is 2.99. The van der Waals surface area contributed by atoms with Crippen LogP contribution in [0.1, 0.15) is 32.2 Å². The summed E-state index contributed by atoms with van der Waals surface area (Å²) in [4.78, 5) is 24.7. The van der Waals surface area contributed by atoms with Gasteiger partial charge < -0.3 is 9.73 Å². The van der Waals surface area contributed by atoms with E-state index in [-0.39, 0.29) is 11.7 Å². The van der Waals surface area contributed by atoms with Crippen LogP contribution in [0, 0.1) is 5.82 Å². The Kier molecular flexibility index (Phi) is 6.31. The van der Waals surface area contributed by atoms with E-state index in [2.05, 4.69) is 27.8 Å². The molecule has 0 aliphatic carbocycles. The van der Waals surface area contributed by atoms with Crippen LogP contribution in [0.3, 0.4) is 0 Å². The van der Waals surface area contributed by atoms with E-state index in [1.807, 2.05) is 0 Å². The minimum Gasteiger partial charge on any atom is -0.454 e. The Morgan fingerprint density at radius 1 is 0.970 bits per heavy atom. The molecule has 2 aromatic heterocycles. The zero-order chi connectivity index (χ0) is 23.2. The van der Waals surface area contributed by atoms with Gasteiger partial charge >= 0.3 is 5.91 Å². The SMILES string of the molecule is C=C(NNC(=O)c1ccc(Cn2cccn2)o1)c1cccc(NC(=O)c2ccc(F)cc2)c1. The van der Waals surface area contributed by atoms with E-state index in [0.29, 0.717) is 34.8 Å². The van der Waals surface area contributed by atoms with Crippen molar-refractivity contribution >= 4 is 23.2 Å². The number of rotatable bonds is 8. The number of nitrogens with one attached hydrogen (secondary N) is 3. The van der Waals surface area contributed by atoms with Crippen LogP contribution in [0.2, 0.25) is 0 Å². The maximum atomic E-state index is 13.0. The highest BCUT2D eigenvalue weighted by Crippen LogP contribution is 2.17. The van der Waals surface area contributed by atoms with Gasteiger partial charge in [0.25, 0.3) is 5.91 Å². The Hall–Kier alpha value is -4.66. The molecule has 2 amide bonds. The standard InChI is InChI=1S/C24H20FN5O3/c1-16(28-29-24(32)22-11-10-21(33-22)15-30-13-3-12-26-30)18-4-2-5-20(14-18)27-23(31)17-6-8-19(25)9-7-17/h2-14,28H,1,15H2,(H,27,31)(H,29,32). The first-order valence-corrected chi connectivity index (χ1v) is 9.97. The van der Waals surface area contributed by atoms with E-state index in [1.54, 1.807) is 59.5 Å². The maximum absolute atomic E-state index is 13.0. The van der Waals surface area contributed by atoms with Gasteiger partial charge in [0.05, 0.1) is 12.2 Å². The first-order valence-electron chi connectivity index (χ1n) is 9.97. The van der Waals surface area contributed by atoms with Crippen molar-refractivity contribution < 1.29 is 18.4 Å². The molecule has 8 nitrogen and oxygen atoms in total. The number of nitrogens with zero attached hydrogens (tertiary/aromatic N) is 2. The second-order valence-corrected chi connectivity index (χ2v) is 7.07. The molecular weight excluding hydrogens is 425 g/mol. The van der Waals surface area contributed by atoms with Crippen LogP contribution in [0.15, 0.2) is 90.1 Å². The highest BCUT2D eigenvalue weighted by atomic mass is 19.1. The Morgan fingerprint density at radius 2 is 1.79 bits per heavy atom. The van der Waals surface area contributed by atoms with Crippen LogP contribution < -0.4 is 16.2 Å². The zero-order valence-corrected chi connectivity index (χ0v) is 17.4. The molecule has 0 saturated heterocycles. The summed E-state index contributed by atoms with van der Waals surface area (Å²) in [5.74, 6) is -0.530. The minimum atomic E-state index is -0.469. The van der Waals surface area contributed by atoms with Crippen LogP contribution in [0.25, 0.3) is 5.70 Å². The van der Waals surface area contributed by atoms with E-state index in [0.717, 1.165) is 0 Å². The van der Waals surface area contributed by atoms with Crippen molar-refractivity contribution in [3.05, 3.63) is 114 Å². The minimum absolute atomic E-state index is 0.137. The monoisotopic (exact) mass is 445 g/mol. The van der Waals surface area contributed by atoms with Crippen molar-refractivity contribution in [1.82, 2.24) is 20.6 Å². The number of carbonyl (C=O) groups is 2. The van der Waals surface area contributed by atoms with Gasteiger partial charge in [0, 0.05) is 29.2 Å². The highest BCUT2D eigenvalue weighted by molar-refractivity contribution is 6.04. The van der Waals surface area contributed by atoms with Gasteiger partial charge in [0.2, 0.25) is 0 Å². The van der Waals surface area contributed by atoms with Gasteiger partial charge in [-0.25, -0.2) is 4.39 Å². The molecular formula is C24H20FN5O3. The van der Waals surface area contributed by atoms with Gasteiger partial charge in [-0.1, -0.05) is 18.7 Å². The average molecular weight is 445 g/mol. The topological polar surface area (TPSA) is 101 Å². The quantitative estimate of drug-likeness (QED) is 0.358. The van der Waals surface area contributed by atoms with Crippen LogP contribution in [0.4, 0.5) is 10.1 Å². The molecule has 0 aliphatic heterocycles. The molecule has 0 radical (unpaired) electrons. The van der Waals surface area contributed by atoms with Crippen molar-refractivity contribution in [3.8, 4) is 0 Å². The third-order valence-corrected chi connectivity index (χ3v) is 4.66. The summed E-state index contributed by atoms with van der Waals surface area (Å²) in [6.45, 7) is 4.32. The number of hydrogen-bond acceptors (Lipinski definition) is 5. The predicted molar refractivity (Wildman–Crippen MR) is 120 cm³/mol. The smallest absolute Gasteiger partial charge is 0.305 e. The lowest BCUT2D eigenvalue weighted by Crippen LogP contribution is -2.35. The van der Waals surface area contributed by atoms with E-state index in [4.69, 9.17) is 4.42 Å². The van der Waals surface area contributed by atoms with E-state index >= 15 is 0 Å². The molecule has 2 heterocycles. The average Bonchev–Trinajstić information content (AvgIpc) is 3.50. The number of halogens is 1. The van der Waals surface area contributed by atoms with Gasteiger partial charge in [-0.2, -0.15) is 5.10 Å². The number of amides is 2. The highest BCUT2D eigenvalue weighted by Gasteiger charge is 2.12. The molecule has 4 aromatic rings. The van der Waals surface area contributed by atoms with Gasteiger partial charge in [-0.3, -0.25) is 25.1 Å². The number of carbonyl (C=O) groups excluding carboxylic acids is 2. The molecule has 9 heteroatoms. The van der Waals surface area contributed by atoms with Crippen molar-refractivity contribution in [1.29, 1.82) is 0 Å². The summed E-state index contributed by atoms with van der Waals surface area (Å²) >= 11 is 0. The van der Waals surface area contributed by atoms with Crippen LogP contribution in [-0.2, 0) is 6.54 Å². The fourth-order valence-corrected chi connectivity index (χ4v) is 2.99. The molecule has 166 valence electrons. The summed E-state index contributed by atoms with van der Waals surface area (Å²) in [7, 11) is 0. The number of aromatic nitrogens is 2. The second-order valence-electron chi connectivity index (χ2n) is 7.07. The lowest BCUT2D eigenvalue weighted by atomic mass is 10.1. The molecule has 0 bridgehead atoms. The summed E-state index contributed by atoms with van der Waals surface area (Å²) in [5.41, 5.74) is 7.18. The molecule has 33 heavy (non-hydrogen) atoms. The van der Waals surface area contributed by atoms with Crippen molar-refractivity contribution in [2.24, 2.45) is 0 Å². The van der Waals surface area contributed by atoms with Crippen LogP contribution >= 0.6 is 0 Å². The lowest BCUT2D eigenvalue weighted by molar-refractivity contribution is 0.0912. The summed E-state index contributed by atoms with van der Waals surface area (Å²) in [6.07, 6.45) is 3.46. The molecule has 0 unspecified atom stereocenters. The normalized spacial score (nSPS) is 10.5. The van der Waals surface area contributed by atoms with Gasteiger partial charge in [-0.15, -0.1) is 0 Å². The van der Waals surface area contributed by atoms with Crippen molar-refractivity contribution in [2.45, 2.75) is 6.54 Å². The largest absolute Gasteiger partial charge is 0.454 e. The zero-order valence-electron chi connectivity index (χ0n) is 17.4. The van der Waals surface area contributed by atoms with E-state index in [1.165, 1.54) is 24.3 Å². The van der Waals surface area contributed by atoms with Crippen molar-refractivity contribution in [2.75, 3.05) is 5.32 Å². The number of furan rings is 1. The third kappa shape index (κ3) is 5.53. The molecule has 0 atom stereocenters. The Morgan fingerprint density at radius 3 is 2.55 bits per heavy atom. The number of hydrogen-bond donors (Lipinski definition) is 3. The second kappa shape index (κ2) is 9.65. The molecule has 0 saturated carbocycles. The van der Waals surface area contributed by atoms with E-state index in [9.17, 15) is 14.0 Å². The van der Waals surface area contributed by atoms with Crippen LogP contribution in [-0.4, -0.2) is 21.6 Å². The van der Waals surface area contributed by atoms with Gasteiger partial charge in [-0.05, 0) is 54.6 Å². The Bertz CT molecular complexity index is 1280. The Labute approximate surface area is 188 Å². The van der Waals surface area contributed by atoms with E-state index < -0.39 is 11.7 Å². The number of benzene rings is 2. The van der Waals surface area contributed by atoms with Crippen LogP contribution in [0.5, 0.6) is 0 Å². The van der Waals surface area contributed by atoms with Gasteiger partial charge in [0.15, 0.2) is 5.76 Å². The predicted octanol–water partition coefficient (Wildman–Crippen LogP) is 3.82. The molecule has 4 rings (SSSR count). The first kappa shape index (κ1) is 21.6. The Balaban J connectivity index is 1.33. The molecule has 2 aromatic carbocycles. The number of anilines is 1. The summed E-state index contributed by atoms with van der Waals surface area (Å²) in [6, 6.07) is 17.2. The summed E-state index contributed by atoms with van der Waals surface area (Å²) < 4.78 is 20.3. The fraction of sp³-hybridized carbons (Fsp3) is 0.0417. The third-order valence-electron chi connectivity index (χ3n) is 4.66. The maximum Gasteiger partial charge on any atom is 0.305 e. The van der Waals surface area contributed by atoms with Gasteiger partial charge in [0.1, 0.15) is 11.6 Å². The summed E-state index contributed by atoms with van der Waals surface area (Å²) in [5, 5.41) is 6.84. The first-order chi connectivity index (χ1) is 16.0. The number of hydrazine groups is 1. The molecule has 0 spiro atoms. The molecule has 0 aliphatic rings. The lowest BCUT2D eigenvalue weighted by Gasteiger charge is -2.12. The van der Waals surface area contributed by atoms with Crippen molar-refractivity contribution in [3.63, 3.8) is 0 Å².